The van der Waals surface area contributed by atoms with Crippen LogP contribution < -0.4 is 14.2 Å². The van der Waals surface area contributed by atoms with Crippen LogP contribution in [0, 0.1) is 13.8 Å². The van der Waals surface area contributed by atoms with Gasteiger partial charge in [-0.25, -0.2) is 4.98 Å². The summed E-state index contributed by atoms with van der Waals surface area (Å²) in [4.78, 5) is 15.1. The van der Waals surface area contributed by atoms with Crippen LogP contribution in [0.5, 0.6) is 17.2 Å². The summed E-state index contributed by atoms with van der Waals surface area (Å²) in [7, 11) is 2.99. The van der Waals surface area contributed by atoms with Crippen LogP contribution >= 0.6 is 0 Å². The Kier molecular flexibility index (Phi) is 4.47. The maximum Gasteiger partial charge on any atom is 0.232 e. The lowest BCUT2D eigenvalue weighted by molar-refractivity contribution is 0.112. The molecular formula is C15H17NO5. The number of methoxy groups -OCH3 is 2. The minimum Gasteiger partial charge on any atom is -0.493 e. The second-order valence-corrected chi connectivity index (χ2v) is 4.41. The third-order valence-corrected chi connectivity index (χ3v) is 3.03. The van der Waals surface area contributed by atoms with Crippen molar-refractivity contribution >= 4 is 6.29 Å². The number of hydrogen-bond donors (Lipinski definition) is 0. The van der Waals surface area contributed by atoms with Gasteiger partial charge in [0.1, 0.15) is 12.0 Å². The molecule has 0 spiro atoms. The molecule has 0 bridgehead atoms. The van der Waals surface area contributed by atoms with Crippen molar-refractivity contribution in [1.82, 2.24) is 4.98 Å². The summed E-state index contributed by atoms with van der Waals surface area (Å²) in [5.41, 5.74) is 1.27. The maximum absolute atomic E-state index is 10.9. The highest BCUT2D eigenvalue weighted by molar-refractivity contribution is 5.78. The van der Waals surface area contributed by atoms with Crippen molar-refractivity contribution in [3.05, 3.63) is 35.0 Å². The Morgan fingerprint density at radius 3 is 2.24 bits per heavy atom. The Morgan fingerprint density at radius 2 is 1.81 bits per heavy atom. The van der Waals surface area contributed by atoms with Crippen LogP contribution in [-0.2, 0) is 6.61 Å². The van der Waals surface area contributed by atoms with E-state index in [1.165, 1.54) is 14.2 Å². The second kappa shape index (κ2) is 6.30. The van der Waals surface area contributed by atoms with Crippen LogP contribution in [0.4, 0.5) is 0 Å². The predicted molar refractivity (Wildman–Crippen MR) is 75.2 cm³/mol. The maximum atomic E-state index is 10.9. The molecule has 2 rings (SSSR count). The van der Waals surface area contributed by atoms with Gasteiger partial charge in [-0.1, -0.05) is 0 Å². The third-order valence-electron chi connectivity index (χ3n) is 3.03. The van der Waals surface area contributed by atoms with E-state index in [1.807, 2.05) is 13.8 Å². The highest BCUT2D eigenvalue weighted by Crippen LogP contribution is 2.38. The number of carbonyl (C=O) groups excluding carboxylic acids is 1. The molecule has 0 fully saturated rings. The van der Waals surface area contributed by atoms with Gasteiger partial charge in [-0.2, -0.15) is 0 Å². The SMILES string of the molecule is COc1cc(C=O)cc(OC)c1OCc1nc(C)c(C)o1. The van der Waals surface area contributed by atoms with Crippen molar-refractivity contribution in [2.24, 2.45) is 0 Å². The van der Waals surface area contributed by atoms with Crippen molar-refractivity contribution in [1.29, 1.82) is 0 Å². The molecule has 6 heteroatoms. The number of oxazole rings is 1. The minimum atomic E-state index is 0.141. The average molecular weight is 291 g/mol. The lowest BCUT2D eigenvalue weighted by Gasteiger charge is -2.14. The lowest BCUT2D eigenvalue weighted by Crippen LogP contribution is -2.01. The first-order valence-corrected chi connectivity index (χ1v) is 6.36. The standard InChI is InChI=1S/C15H17NO5/c1-9-10(2)21-14(16-9)8-20-15-12(18-3)5-11(7-17)6-13(15)19-4/h5-7H,8H2,1-4H3. The van der Waals surface area contributed by atoms with Crippen LogP contribution in [0.3, 0.4) is 0 Å². The van der Waals surface area contributed by atoms with Gasteiger partial charge in [0.2, 0.25) is 11.6 Å². The number of aromatic nitrogens is 1. The monoisotopic (exact) mass is 291 g/mol. The quantitative estimate of drug-likeness (QED) is 0.762. The van der Waals surface area contributed by atoms with Crippen molar-refractivity contribution in [3.8, 4) is 17.2 Å². The lowest BCUT2D eigenvalue weighted by atomic mass is 10.2. The van der Waals surface area contributed by atoms with E-state index in [9.17, 15) is 4.79 Å². The van der Waals surface area contributed by atoms with E-state index in [2.05, 4.69) is 4.98 Å². The fourth-order valence-corrected chi connectivity index (χ4v) is 1.85. The summed E-state index contributed by atoms with van der Waals surface area (Å²) in [6, 6.07) is 3.16. The van der Waals surface area contributed by atoms with E-state index in [1.54, 1.807) is 12.1 Å². The molecule has 0 amide bonds. The molecule has 1 heterocycles. The Morgan fingerprint density at radius 1 is 1.19 bits per heavy atom. The first-order chi connectivity index (χ1) is 10.1. The molecule has 21 heavy (non-hydrogen) atoms. The summed E-state index contributed by atoms with van der Waals surface area (Å²) in [6.45, 7) is 3.84. The van der Waals surface area contributed by atoms with Gasteiger partial charge < -0.3 is 18.6 Å². The highest BCUT2D eigenvalue weighted by atomic mass is 16.5. The second-order valence-electron chi connectivity index (χ2n) is 4.41. The first kappa shape index (κ1) is 14.9. The Bertz CT molecular complexity index is 603. The van der Waals surface area contributed by atoms with E-state index in [-0.39, 0.29) is 6.61 Å². The van der Waals surface area contributed by atoms with Crippen LogP contribution in [0.1, 0.15) is 27.7 Å². The Labute approximate surface area is 122 Å². The zero-order valence-corrected chi connectivity index (χ0v) is 12.4. The van der Waals surface area contributed by atoms with Gasteiger partial charge in [-0.05, 0) is 26.0 Å². The van der Waals surface area contributed by atoms with E-state index in [0.717, 1.165) is 17.7 Å². The highest BCUT2D eigenvalue weighted by Gasteiger charge is 2.16. The van der Waals surface area contributed by atoms with Gasteiger partial charge in [0, 0.05) is 5.56 Å². The van der Waals surface area contributed by atoms with E-state index in [4.69, 9.17) is 18.6 Å². The number of carbonyl (C=O) groups is 1. The Balaban J connectivity index is 2.27. The smallest absolute Gasteiger partial charge is 0.232 e. The molecule has 0 N–H and O–H groups in total. The number of ether oxygens (including phenoxy) is 3. The molecular weight excluding hydrogens is 274 g/mol. The van der Waals surface area contributed by atoms with Crippen molar-refractivity contribution < 1.29 is 23.4 Å². The van der Waals surface area contributed by atoms with Crippen LogP contribution in [0.25, 0.3) is 0 Å². The molecule has 1 aromatic heterocycles. The summed E-state index contributed by atoms with van der Waals surface area (Å²) < 4.78 is 21.6. The molecule has 6 nitrogen and oxygen atoms in total. The molecule has 2 aromatic rings. The van der Waals surface area contributed by atoms with Gasteiger partial charge in [-0.15, -0.1) is 0 Å². The van der Waals surface area contributed by atoms with Crippen LogP contribution in [-0.4, -0.2) is 25.5 Å². The molecule has 0 aliphatic carbocycles. The molecule has 0 aliphatic rings. The predicted octanol–water partition coefficient (Wildman–Crippen LogP) is 2.70. The van der Waals surface area contributed by atoms with Crippen molar-refractivity contribution in [3.63, 3.8) is 0 Å². The summed E-state index contributed by atoms with van der Waals surface area (Å²) in [5.74, 6) is 2.45. The van der Waals surface area contributed by atoms with Gasteiger partial charge in [-0.3, -0.25) is 4.79 Å². The molecule has 0 atom stereocenters. The van der Waals surface area contributed by atoms with Gasteiger partial charge in [0.15, 0.2) is 18.1 Å². The summed E-state index contributed by atoms with van der Waals surface area (Å²) in [6.07, 6.45) is 0.718. The van der Waals surface area contributed by atoms with Crippen LogP contribution in [0.2, 0.25) is 0 Å². The molecule has 112 valence electrons. The normalized spacial score (nSPS) is 10.3. The summed E-state index contributed by atoms with van der Waals surface area (Å²) >= 11 is 0. The topological polar surface area (TPSA) is 70.8 Å². The number of nitrogens with zero attached hydrogens (tertiary/aromatic N) is 1. The molecule has 0 radical (unpaired) electrons. The molecule has 1 aromatic carbocycles. The van der Waals surface area contributed by atoms with Crippen molar-refractivity contribution in [2.75, 3.05) is 14.2 Å². The van der Waals surface area contributed by atoms with Gasteiger partial charge >= 0.3 is 0 Å². The zero-order chi connectivity index (χ0) is 15.4. The third kappa shape index (κ3) is 3.16. The van der Waals surface area contributed by atoms with Crippen LogP contribution in [0.15, 0.2) is 16.5 Å². The number of aryl methyl sites for hydroxylation is 2. The summed E-state index contributed by atoms with van der Waals surface area (Å²) in [5, 5.41) is 0. The largest absolute Gasteiger partial charge is 0.493 e. The van der Waals surface area contributed by atoms with E-state index < -0.39 is 0 Å². The Hall–Kier alpha value is -2.50. The van der Waals surface area contributed by atoms with Gasteiger partial charge in [0.05, 0.1) is 19.9 Å². The fourth-order valence-electron chi connectivity index (χ4n) is 1.85. The number of benzene rings is 1. The first-order valence-electron chi connectivity index (χ1n) is 6.36. The number of rotatable bonds is 6. The van der Waals surface area contributed by atoms with E-state index in [0.29, 0.717) is 28.7 Å². The number of hydrogen-bond acceptors (Lipinski definition) is 6. The molecule has 0 aliphatic heterocycles. The molecule has 0 unspecified atom stereocenters. The van der Waals surface area contributed by atoms with E-state index >= 15 is 0 Å². The number of aldehydes is 1. The van der Waals surface area contributed by atoms with Crippen molar-refractivity contribution in [2.45, 2.75) is 20.5 Å². The molecule has 0 saturated heterocycles. The zero-order valence-electron chi connectivity index (χ0n) is 12.4. The fraction of sp³-hybridized carbons (Fsp3) is 0.333. The van der Waals surface area contributed by atoms with Gasteiger partial charge in [0.25, 0.3) is 0 Å². The minimum absolute atomic E-state index is 0.141. The average Bonchev–Trinajstić information content (AvgIpc) is 2.82. The molecule has 0 saturated carbocycles.